The number of hydrogen-bond donors (Lipinski definition) is 1. The van der Waals surface area contributed by atoms with E-state index in [-0.39, 0.29) is 29.0 Å². The van der Waals surface area contributed by atoms with Crippen molar-refractivity contribution in [3.63, 3.8) is 0 Å². The van der Waals surface area contributed by atoms with Crippen molar-refractivity contribution in [3.8, 4) is 16.9 Å². The van der Waals surface area contributed by atoms with Crippen LogP contribution in [-0.4, -0.2) is 45.6 Å². The second kappa shape index (κ2) is 10.6. The molecule has 1 aliphatic heterocycles. The number of hydrogen-bond acceptors (Lipinski definition) is 3. The van der Waals surface area contributed by atoms with Gasteiger partial charge >= 0.3 is 6.18 Å². The molecule has 2 amide bonds. The number of aryl methyl sites for hydroxylation is 1. The van der Waals surface area contributed by atoms with Crippen LogP contribution < -0.4 is 5.32 Å². The lowest BCUT2D eigenvalue weighted by Gasteiger charge is -2.34. The Morgan fingerprint density at radius 2 is 1.63 bits per heavy atom. The summed E-state index contributed by atoms with van der Waals surface area (Å²) in [4.78, 5) is 27.2. The molecule has 6 nitrogen and oxygen atoms in total. The summed E-state index contributed by atoms with van der Waals surface area (Å²) < 4.78 is 41.8. The number of aromatic nitrogens is 2. The molecule has 1 saturated heterocycles. The zero-order valence-corrected chi connectivity index (χ0v) is 22.1. The van der Waals surface area contributed by atoms with Crippen molar-refractivity contribution < 1.29 is 22.8 Å². The molecule has 2 aromatic carbocycles. The van der Waals surface area contributed by atoms with Gasteiger partial charge in [0, 0.05) is 36.7 Å². The van der Waals surface area contributed by atoms with E-state index >= 15 is 0 Å². The van der Waals surface area contributed by atoms with Gasteiger partial charge in [0.05, 0.1) is 11.4 Å². The lowest BCUT2D eigenvalue weighted by molar-refractivity contribution is -0.141. The standard InChI is InChI=1S/C29H33F3N4O2/c1-19-7-5-6-8-23(19)36-24(17-25(34-36)29(30,31)32)20-9-11-21(12-10-20)27(38)33-22-13-15-35(16-14-22)26(37)18-28(2,3)4/h5-12,17,22H,13-16,18H2,1-4H3,(H,33,38). The maximum atomic E-state index is 13.5. The average molecular weight is 527 g/mol. The van der Waals surface area contributed by atoms with Crippen LogP contribution in [0.25, 0.3) is 16.9 Å². The Hall–Kier alpha value is -3.62. The first kappa shape index (κ1) is 27.4. The van der Waals surface area contributed by atoms with Gasteiger partial charge in [0.25, 0.3) is 5.91 Å². The van der Waals surface area contributed by atoms with Crippen LogP contribution in [0.3, 0.4) is 0 Å². The van der Waals surface area contributed by atoms with Crippen molar-refractivity contribution >= 4 is 11.8 Å². The Labute approximate surface area is 220 Å². The van der Waals surface area contributed by atoms with Crippen molar-refractivity contribution in [2.24, 2.45) is 5.41 Å². The van der Waals surface area contributed by atoms with Crippen molar-refractivity contribution in [1.29, 1.82) is 0 Å². The zero-order chi connectivity index (χ0) is 27.7. The maximum absolute atomic E-state index is 13.5. The number of carbonyl (C=O) groups excluding carboxylic acids is 2. The van der Waals surface area contributed by atoms with Gasteiger partial charge in [0.15, 0.2) is 5.69 Å². The second-order valence-corrected chi connectivity index (χ2v) is 11.1. The summed E-state index contributed by atoms with van der Waals surface area (Å²) in [7, 11) is 0. The summed E-state index contributed by atoms with van der Waals surface area (Å²) in [5, 5.41) is 6.87. The van der Waals surface area contributed by atoms with E-state index in [4.69, 9.17) is 0 Å². The molecule has 3 aromatic rings. The summed E-state index contributed by atoms with van der Waals surface area (Å²) >= 11 is 0. The van der Waals surface area contributed by atoms with Crippen molar-refractivity contribution in [1.82, 2.24) is 20.0 Å². The van der Waals surface area contributed by atoms with Gasteiger partial charge in [-0.1, -0.05) is 51.1 Å². The predicted molar refractivity (Wildman–Crippen MR) is 140 cm³/mol. The quantitative estimate of drug-likeness (QED) is 0.442. The molecule has 1 N–H and O–H groups in total. The van der Waals surface area contributed by atoms with Crippen LogP contribution in [0.2, 0.25) is 0 Å². The number of piperidine rings is 1. The number of para-hydroxylation sites is 1. The number of carbonyl (C=O) groups is 2. The second-order valence-electron chi connectivity index (χ2n) is 11.1. The number of likely N-dealkylation sites (tertiary alicyclic amines) is 1. The van der Waals surface area contributed by atoms with Crippen LogP contribution >= 0.6 is 0 Å². The van der Waals surface area contributed by atoms with E-state index in [0.29, 0.717) is 49.2 Å². The largest absolute Gasteiger partial charge is 0.435 e. The Balaban J connectivity index is 1.46. The highest BCUT2D eigenvalue weighted by molar-refractivity contribution is 5.94. The van der Waals surface area contributed by atoms with Crippen LogP contribution in [0, 0.1) is 12.3 Å². The fraction of sp³-hybridized carbons (Fsp3) is 0.414. The molecule has 0 spiro atoms. The molecule has 38 heavy (non-hydrogen) atoms. The van der Waals surface area contributed by atoms with Gasteiger partial charge in [-0.05, 0) is 55.0 Å². The van der Waals surface area contributed by atoms with Gasteiger partial charge in [0.2, 0.25) is 5.91 Å². The number of nitrogens with zero attached hydrogens (tertiary/aromatic N) is 3. The van der Waals surface area contributed by atoms with E-state index in [1.54, 1.807) is 36.4 Å². The first-order valence-electron chi connectivity index (χ1n) is 12.7. The molecule has 0 saturated carbocycles. The Kier molecular flexibility index (Phi) is 7.67. The van der Waals surface area contributed by atoms with Gasteiger partial charge in [-0.3, -0.25) is 9.59 Å². The van der Waals surface area contributed by atoms with E-state index in [1.807, 2.05) is 44.7 Å². The summed E-state index contributed by atoms with van der Waals surface area (Å²) in [5.74, 6) is -0.115. The Bertz CT molecular complexity index is 1300. The molecular weight excluding hydrogens is 493 g/mol. The molecule has 0 bridgehead atoms. The van der Waals surface area contributed by atoms with Gasteiger partial charge in [-0.25, -0.2) is 4.68 Å². The molecule has 2 heterocycles. The van der Waals surface area contributed by atoms with Crippen molar-refractivity contribution in [2.45, 2.75) is 59.2 Å². The summed E-state index contributed by atoms with van der Waals surface area (Å²) in [5.41, 5.74) is 1.49. The molecule has 0 aliphatic carbocycles. The highest BCUT2D eigenvalue weighted by Crippen LogP contribution is 2.34. The van der Waals surface area contributed by atoms with E-state index in [9.17, 15) is 22.8 Å². The lowest BCUT2D eigenvalue weighted by atomic mass is 9.91. The van der Waals surface area contributed by atoms with Crippen LogP contribution in [0.1, 0.15) is 61.6 Å². The van der Waals surface area contributed by atoms with Crippen LogP contribution in [-0.2, 0) is 11.0 Å². The third kappa shape index (κ3) is 6.44. The highest BCUT2D eigenvalue weighted by atomic mass is 19.4. The van der Waals surface area contributed by atoms with E-state index in [1.165, 1.54) is 4.68 Å². The number of halogens is 3. The topological polar surface area (TPSA) is 67.2 Å². The smallest absolute Gasteiger partial charge is 0.349 e. The zero-order valence-electron chi connectivity index (χ0n) is 22.1. The van der Waals surface area contributed by atoms with Gasteiger partial charge in [0.1, 0.15) is 0 Å². The normalized spacial score (nSPS) is 15.0. The van der Waals surface area contributed by atoms with E-state index in [2.05, 4.69) is 10.4 Å². The van der Waals surface area contributed by atoms with E-state index in [0.717, 1.165) is 11.6 Å². The van der Waals surface area contributed by atoms with Gasteiger partial charge in [-0.2, -0.15) is 18.3 Å². The summed E-state index contributed by atoms with van der Waals surface area (Å²) in [6, 6.07) is 14.6. The molecule has 1 aliphatic rings. The minimum absolute atomic E-state index is 0.0438. The van der Waals surface area contributed by atoms with Gasteiger partial charge in [-0.15, -0.1) is 0 Å². The molecule has 202 valence electrons. The van der Waals surface area contributed by atoms with Crippen molar-refractivity contribution in [2.75, 3.05) is 13.1 Å². The molecule has 0 atom stereocenters. The lowest BCUT2D eigenvalue weighted by Crippen LogP contribution is -2.47. The SMILES string of the molecule is Cc1ccccc1-n1nc(C(F)(F)F)cc1-c1ccc(C(=O)NC2CCN(C(=O)CC(C)(C)C)CC2)cc1. The number of benzene rings is 2. The number of alkyl halides is 3. The molecule has 4 rings (SSSR count). The summed E-state index contributed by atoms with van der Waals surface area (Å²) in [6.07, 6.45) is -2.75. The Morgan fingerprint density at radius 1 is 1.00 bits per heavy atom. The Morgan fingerprint density at radius 3 is 2.21 bits per heavy atom. The van der Waals surface area contributed by atoms with Crippen molar-refractivity contribution in [3.05, 3.63) is 71.4 Å². The molecule has 0 unspecified atom stereocenters. The fourth-order valence-corrected chi connectivity index (χ4v) is 4.61. The monoisotopic (exact) mass is 526 g/mol. The number of amides is 2. The minimum Gasteiger partial charge on any atom is -0.349 e. The van der Waals surface area contributed by atoms with Gasteiger partial charge < -0.3 is 10.2 Å². The van der Waals surface area contributed by atoms with Crippen LogP contribution in [0.5, 0.6) is 0 Å². The minimum atomic E-state index is -4.59. The highest BCUT2D eigenvalue weighted by Gasteiger charge is 2.35. The fourth-order valence-electron chi connectivity index (χ4n) is 4.61. The average Bonchev–Trinajstić information content (AvgIpc) is 3.30. The van der Waals surface area contributed by atoms with Crippen LogP contribution in [0.15, 0.2) is 54.6 Å². The third-order valence-corrected chi connectivity index (χ3v) is 6.65. The number of nitrogens with one attached hydrogen (secondary N) is 1. The number of rotatable bonds is 5. The first-order valence-corrected chi connectivity index (χ1v) is 12.7. The summed E-state index contributed by atoms with van der Waals surface area (Å²) in [6.45, 7) is 9.12. The predicted octanol–water partition coefficient (Wildman–Crippen LogP) is 6.02. The molecule has 0 radical (unpaired) electrons. The third-order valence-electron chi connectivity index (χ3n) is 6.65. The first-order chi connectivity index (χ1) is 17.8. The van der Waals surface area contributed by atoms with Crippen LogP contribution in [0.4, 0.5) is 13.2 Å². The molecule has 1 fully saturated rings. The molecule has 1 aromatic heterocycles. The molecule has 9 heteroatoms. The molecular formula is C29H33F3N4O2. The maximum Gasteiger partial charge on any atom is 0.435 e. The van der Waals surface area contributed by atoms with E-state index < -0.39 is 11.9 Å².